The van der Waals surface area contributed by atoms with Crippen molar-refractivity contribution in [3.63, 3.8) is 0 Å². The summed E-state index contributed by atoms with van der Waals surface area (Å²) in [6.45, 7) is 2.08. The van der Waals surface area contributed by atoms with E-state index in [9.17, 15) is 4.79 Å². The highest BCUT2D eigenvalue weighted by molar-refractivity contribution is 5.74. The summed E-state index contributed by atoms with van der Waals surface area (Å²) in [6.07, 6.45) is 3.48. The van der Waals surface area contributed by atoms with Gasteiger partial charge in [-0.05, 0) is 43.0 Å². The molecule has 0 spiro atoms. The summed E-state index contributed by atoms with van der Waals surface area (Å²) in [7, 11) is 1.61. The van der Waals surface area contributed by atoms with Gasteiger partial charge in [-0.1, -0.05) is 19.1 Å². The van der Waals surface area contributed by atoms with Crippen LogP contribution in [0.2, 0.25) is 0 Å². The van der Waals surface area contributed by atoms with Gasteiger partial charge in [0.1, 0.15) is 11.3 Å². The minimum Gasteiger partial charge on any atom is -0.481 e. The number of hydrogen-bond acceptors (Lipinski definition) is 4. The van der Waals surface area contributed by atoms with Crippen LogP contribution in [0, 0.1) is 0 Å². The lowest BCUT2D eigenvalue weighted by atomic mass is 10.1. The third-order valence-corrected chi connectivity index (χ3v) is 4.37. The number of benzene rings is 1. The number of aliphatic carboxylic acids is 1. The molecule has 1 N–H and O–H groups in total. The minimum atomic E-state index is -0.734. The Bertz CT molecular complexity index is 901. The number of rotatable bonds is 8. The molecule has 0 atom stereocenters. The molecule has 3 aromatic rings. The van der Waals surface area contributed by atoms with E-state index in [1.807, 2.05) is 12.1 Å². The Labute approximate surface area is 152 Å². The summed E-state index contributed by atoms with van der Waals surface area (Å²) in [5.41, 5.74) is 3.85. The van der Waals surface area contributed by atoms with Crippen molar-refractivity contribution >= 4 is 17.1 Å². The molecule has 0 aliphatic rings. The Balaban J connectivity index is 1.85. The van der Waals surface area contributed by atoms with Gasteiger partial charge in [-0.3, -0.25) is 9.36 Å². The molecule has 6 heteroatoms. The molecular weight excluding hydrogens is 330 g/mol. The zero-order valence-electron chi connectivity index (χ0n) is 15.1. The van der Waals surface area contributed by atoms with E-state index >= 15 is 0 Å². The van der Waals surface area contributed by atoms with Crippen molar-refractivity contribution in [1.29, 1.82) is 0 Å². The number of pyridine rings is 1. The zero-order valence-corrected chi connectivity index (χ0v) is 15.1. The summed E-state index contributed by atoms with van der Waals surface area (Å²) in [5.74, 6) is 0.786. The molecule has 3 rings (SSSR count). The maximum absolute atomic E-state index is 10.6. The predicted octanol–water partition coefficient (Wildman–Crippen LogP) is 3.79. The Hall–Kier alpha value is -2.89. The van der Waals surface area contributed by atoms with Gasteiger partial charge in [-0.15, -0.1) is 0 Å². The van der Waals surface area contributed by atoms with E-state index in [-0.39, 0.29) is 6.42 Å². The van der Waals surface area contributed by atoms with Crippen LogP contribution in [0.1, 0.15) is 37.6 Å². The molecule has 0 aliphatic heterocycles. The van der Waals surface area contributed by atoms with Gasteiger partial charge in [0, 0.05) is 24.6 Å². The molecular formula is C20H23N3O3. The predicted molar refractivity (Wildman–Crippen MR) is 100.0 cm³/mol. The van der Waals surface area contributed by atoms with Crippen molar-refractivity contribution in [2.75, 3.05) is 7.11 Å². The van der Waals surface area contributed by atoms with E-state index in [1.165, 1.54) is 5.56 Å². The van der Waals surface area contributed by atoms with E-state index in [2.05, 4.69) is 45.7 Å². The standard InChI is InChI=1S/C20H23N3O3/c1-3-17-21-16-12-13-18(26-2)22-20(16)23(17)15-10-8-14(9-11-15)6-4-5-7-19(24)25/h8-13H,3-7H2,1-2H3,(H,24,25). The van der Waals surface area contributed by atoms with E-state index in [0.717, 1.165) is 41.9 Å². The third-order valence-electron chi connectivity index (χ3n) is 4.37. The van der Waals surface area contributed by atoms with Gasteiger partial charge < -0.3 is 9.84 Å². The van der Waals surface area contributed by atoms with Crippen molar-refractivity contribution in [2.45, 2.75) is 39.0 Å². The quantitative estimate of drug-likeness (QED) is 0.624. The van der Waals surface area contributed by atoms with Crippen LogP contribution in [-0.4, -0.2) is 32.7 Å². The van der Waals surface area contributed by atoms with Crippen LogP contribution in [0.3, 0.4) is 0 Å². The van der Waals surface area contributed by atoms with Crippen molar-refractivity contribution in [3.8, 4) is 11.6 Å². The van der Waals surface area contributed by atoms with Crippen LogP contribution in [0.5, 0.6) is 5.88 Å². The van der Waals surface area contributed by atoms with Gasteiger partial charge in [0.2, 0.25) is 5.88 Å². The molecule has 0 saturated heterocycles. The lowest BCUT2D eigenvalue weighted by molar-refractivity contribution is -0.137. The Morgan fingerprint density at radius 1 is 1.12 bits per heavy atom. The lowest BCUT2D eigenvalue weighted by Crippen LogP contribution is -2.02. The number of hydrogen-bond donors (Lipinski definition) is 1. The lowest BCUT2D eigenvalue weighted by Gasteiger charge is -2.09. The maximum atomic E-state index is 10.6. The number of carboxylic acids is 1. The number of nitrogens with zero attached hydrogens (tertiary/aromatic N) is 3. The average Bonchev–Trinajstić information content (AvgIpc) is 3.03. The van der Waals surface area contributed by atoms with Gasteiger partial charge in [0.05, 0.1) is 7.11 Å². The fraction of sp³-hybridized carbons (Fsp3) is 0.350. The summed E-state index contributed by atoms with van der Waals surface area (Å²) in [5, 5.41) is 8.70. The first kappa shape index (κ1) is 17.9. The van der Waals surface area contributed by atoms with E-state index < -0.39 is 5.97 Å². The number of imidazole rings is 1. The average molecular weight is 353 g/mol. The van der Waals surface area contributed by atoms with Gasteiger partial charge in [-0.25, -0.2) is 4.98 Å². The smallest absolute Gasteiger partial charge is 0.303 e. The molecule has 0 saturated carbocycles. The largest absolute Gasteiger partial charge is 0.481 e. The third kappa shape index (κ3) is 3.85. The van der Waals surface area contributed by atoms with Gasteiger partial charge in [-0.2, -0.15) is 4.98 Å². The fourth-order valence-electron chi connectivity index (χ4n) is 3.03. The Morgan fingerprint density at radius 2 is 1.88 bits per heavy atom. The number of ether oxygens (including phenoxy) is 1. The topological polar surface area (TPSA) is 77.2 Å². The molecule has 6 nitrogen and oxygen atoms in total. The van der Waals surface area contributed by atoms with Crippen LogP contribution < -0.4 is 4.74 Å². The van der Waals surface area contributed by atoms with Crippen LogP contribution in [-0.2, 0) is 17.6 Å². The van der Waals surface area contributed by atoms with Crippen molar-refractivity contribution in [2.24, 2.45) is 0 Å². The van der Waals surface area contributed by atoms with Crippen LogP contribution in [0.15, 0.2) is 36.4 Å². The molecule has 136 valence electrons. The zero-order chi connectivity index (χ0) is 18.5. The molecule has 2 aromatic heterocycles. The fourth-order valence-corrected chi connectivity index (χ4v) is 3.03. The number of methoxy groups -OCH3 is 1. The first-order valence-electron chi connectivity index (χ1n) is 8.86. The molecule has 0 radical (unpaired) electrons. The number of unbranched alkanes of at least 4 members (excludes halogenated alkanes) is 1. The summed E-state index contributed by atoms with van der Waals surface area (Å²) >= 11 is 0. The summed E-state index contributed by atoms with van der Waals surface area (Å²) in [4.78, 5) is 19.8. The Kier molecular flexibility index (Phi) is 5.51. The number of aromatic nitrogens is 3. The summed E-state index contributed by atoms with van der Waals surface area (Å²) in [6, 6.07) is 12.0. The highest BCUT2D eigenvalue weighted by Crippen LogP contribution is 2.23. The van der Waals surface area contributed by atoms with Crippen molar-refractivity contribution in [1.82, 2.24) is 14.5 Å². The monoisotopic (exact) mass is 353 g/mol. The SMILES string of the molecule is CCc1nc2ccc(OC)nc2n1-c1ccc(CCCCC(=O)O)cc1. The first-order valence-corrected chi connectivity index (χ1v) is 8.86. The van der Waals surface area contributed by atoms with Crippen molar-refractivity contribution < 1.29 is 14.6 Å². The van der Waals surface area contributed by atoms with E-state index in [0.29, 0.717) is 12.3 Å². The number of carboxylic acid groups (broad SMARTS) is 1. The van der Waals surface area contributed by atoms with Gasteiger partial charge in [0.15, 0.2) is 5.65 Å². The molecule has 0 amide bonds. The minimum absolute atomic E-state index is 0.229. The van der Waals surface area contributed by atoms with Gasteiger partial charge in [0.25, 0.3) is 0 Å². The molecule has 0 bridgehead atoms. The molecule has 0 fully saturated rings. The number of carbonyl (C=O) groups is 1. The second-order valence-electron chi connectivity index (χ2n) is 6.18. The number of fused-ring (bicyclic) bond motifs is 1. The highest BCUT2D eigenvalue weighted by atomic mass is 16.5. The van der Waals surface area contributed by atoms with E-state index in [1.54, 1.807) is 7.11 Å². The summed E-state index contributed by atoms with van der Waals surface area (Å²) < 4.78 is 7.31. The van der Waals surface area contributed by atoms with Gasteiger partial charge >= 0.3 is 5.97 Å². The first-order chi connectivity index (χ1) is 12.6. The highest BCUT2D eigenvalue weighted by Gasteiger charge is 2.13. The van der Waals surface area contributed by atoms with E-state index in [4.69, 9.17) is 9.84 Å². The molecule has 0 aliphatic carbocycles. The molecule has 26 heavy (non-hydrogen) atoms. The second kappa shape index (κ2) is 7.99. The second-order valence-corrected chi connectivity index (χ2v) is 6.18. The number of aryl methyl sites for hydroxylation is 2. The molecule has 0 unspecified atom stereocenters. The normalized spacial score (nSPS) is 11.0. The molecule has 1 aromatic carbocycles. The van der Waals surface area contributed by atoms with Crippen LogP contribution in [0.4, 0.5) is 0 Å². The van der Waals surface area contributed by atoms with Crippen LogP contribution >= 0.6 is 0 Å². The van der Waals surface area contributed by atoms with Crippen LogP contribution in [0.25, 0.3) is 16.9 Å². The van der Waals surface area contributed by atoms with Crippen molar-refractivity contribution in [3.05, 3.63) is 47.8 Å². The maximum Gasteiger partial charge on any atom is 0.303 e. The Morgan fingerprint density at radius 3 is 2.54 bits per heavy atom. The molecule has 2 heterocycles.